The van der Waals surface area contributed by atoms with Crippen molar-refractivity contribution in [1.82, 2.24) is 3.53 Å². The van der Waals surface area contributed by atoms with Crippen molar-refractivity contribution in [3.05, 3.63) is 22.4 Å². The van der Waals surface area contributed by atoms with Crippen LogP contribution in [0.2, 0.25) is 0 Å². The molecule has 0 atom stereocenters. The van der Waals surface area contributed by atoms with E-state index in [9.17, 15) is 4.79 Å². The first-order valence-electron chi connectivity index (χ1n) is 2.29. The molecule has 1 amide bonds. The minimum absolute atomic E-state index is 0.0226. The molecule has 1 aromatic heterocycles. The smallest absolute Gasteiger partial charge is 0.269 e. The summed E-state index contributed by atoms with van der Waals surface area (Å²) in [4.78, 5) is 11.5. The third-order valence-corrected chi connectivity index (χ3v) is 2.19. The molecule has 4 heteroatoms. The van der Waals surface area contributed by atoms with Gasteiger partial charge < -0.3 is 0 Å². The van der Waals surface area contributed by atoms with Gasteiger partial charge in [0.15, 0.2) is 0 Å². The Balaban J connectivity index is 2.77. The van der Waals surface area contributed by atoms with E-state index >= 15 is 0 Å². The van der Waals surface area contributed by atoms with Gasteiger partial charge in [0.1, 0.15) is 0 Å². The largest absolute Gasteiger partial charge is 0.294 e. The lowest BCUT2D eigenvalue weighted by atomic mass is 10.5. The number of carbonyl (C=O) groups is 1. The zero-order valence-corrected chi connectivity index (χ0v) is 7.40. The lowest BCUT2D eigenvalue weighted by molar-refractivity contribution is 0.0993. The van der Waals surface area contributed by atoms with Gasteiger partial charge in [-0.1, -0.05) is 6.07 Å². The summed E-state index contributed by atoms with van der Waals surface area (Å²) in [5.41, 5.74) is 0. The van der Waals surface area contributed by atoms with Gasteiger partial charge in [-0.15, -0.1) is 11.3 Å². The Morgan fingerprint density at radius 2 is 2.56 bits per heavy atom. The minimum Gasteiger partial charge on any atom is -0.294 e. The first-order valence-corrected chi connectivity index (χ1v) is 4.25. The Morgan fingerprint density at radius 1 is 1.78 bits per heavy atom. The van der Waals surface area contributed by atoms with E-state index in [1.807, 2.05) is 34.3 Å². The molecule has 1 rings (SSSR count). The SMILES string of the molecule is O=C(NI)c1cccs1. The highest BCUT2D eigenvalue weighted by molar-refractivity contribution is 14.1. The molecule has 2 nitrogen and oxygen atoms in total. The average molecular weight is 253 g/mol. The number of amides is 1. The van der Waals surface area contributed by atoms with Gasteiger partial charge in [-0.3, -0.25) is 8.32 Å². The number of rotatable bonds is 1. The molecule has 0 saturated heterocycles. The number of nitrogens with one attached hydrogen (secondary N) is 1. The van der Waals surface area contributed by atoms with E-state index in [1.165, 1.54) is 11.3 Å². The van der Waals surface area contributed by atoms with E-state index in [-0.39, 0.29) is 5.91 Å². The number of thiophene rings is 1. The standard InChI is InChI=1S/C5H4INOS/c6-7-5(8)4-2-1-3-9-4/h1-3H,(H,7,8). The van der Waals surface area contributed by atoms with Crippen LogP contribution in [-0.4, -0.2) is 5.91 Å². The molecule has 0 unspecified atom stereocenters. The molecule has 0 saturated carbocycles. The van der Waals surface area contributed by atoms with Crippen LogP contribution in [0.1, 0.15) is 9.67 Å². The topological polar surface area (TPSA) is 29.1 Å². The molecule has 0 aliphatic rings. The summed E-state index contributed by atoms with van der Waals surface area (Å²) in [6, 6.07) is 3.64. The maximum atomic E-state index is 10.8. The number of carbonyl (C=O) groups excluding carboxylic acids is 1. The third kappa shape index (κ3) is 1.65. The van der Waals surface area contributed by atoms with Gasteiger partial charge in [0.05, 0.1) is 27.7 Å². The fourth-order valence-corrected chi connectivity index (χ4v) is 1.55. The van der Waals surface area contributed by atoms with E-state index in [1.54, 1.807) is 6.07 Å². The zero-order valence-electron chi connectivity index (χ0n) is 4.43. The van der Waals surface area contributed by atoms with Crippen molar-refractivity contribution in [1.29, 1.82) is 0 Å². The Labute approximate surface area is 70.8 Å². The average Bonchev–Trinajstić information content (AvgIpc) is 2.37. The predicted molar refractivity (Wildman–Crippen MR) is 45.8 cm³/mol. The molecule has 1 heterocycles. The van der Waals surface area contributed by atoms with Gasteiger partial charge in [-0.05, 0) is 11.4 Å². The van der Waals surface area contributed by atoms with Crippen molar-refractivity contribution in [3.63, 3.8) is 0 Å². The van der Waals surface area contributed by atoms with Crippen LogP contribution in [0.5, 0.6) is 0 Å². The van der Waals surface area contributed by atoms with Gasteiger partial charge in [0.2, 0.25) is 0 Å². The normalized spacial score (nSPS) is 9.00. The predicted octanol–water partition coefficient (Wildman–Crippen LogP) is 1.83. The minimum atomic E-state index is -0.0226. The highest BCUT2D eigenvalue weighted by atomic mass is 127. The van der Waals surface area contributed by atoms with E-state index in [4.69, 9.17) is 0 Å². The highest BCUT2D eigenvalue weighted by Gasteiger charge is 2.01. The monoisotopic (exact) mass is 253 g/mol. The van der Waals surface area contributed by atoms with Crippen molar-refractivity contribution in [3.8, 4) is 0 Å². The Bertz CT molecular complexity index is 197. The first-order chi connectivity index (χ1) is 4.34. The molecular weight excluding hydrogens is 249 g/mol. The zero-order chi connectivity index (χ0) is 6.69. The van der Waals surface area contributed by atoms with Crippen LogP contribution >= 0.6 is 34.2 Å². The van der Waals surface area contributed by atoms with Crippen molar-refractivity contribution < 1.29 is 4.79 Å². The molecule has 1 aromatic rings. The summed E-state index contributed by atoms with van der Waals surface area (Å²) in [6.07, 6.45) is 0. The summed E-state index contributed by atoms with van der Waals surface area (Å²) < 4.78 is 2.51. The molecule has 0 radical (unpaired) electrons. The lowest BCUT2D eigenvalue weighted by Crippen LogP contribution is -2.08. The van der Waals surface area contributed by atoms with Gasteiger partial charge in [0, 0.05) is 0 Å². The Hall–Kier alpha value is -0.100. The second kappa shape index (κ2) is 3.17. The van der Waals surface area contributed by atoms with E-state index < -0.39 is 0 Å². The molecule has 9 heavy (non-hydrogen) atoms. The number of hydrogen-bond acceptors (Lipinski definition) is 2. The second-order valence-corrected chi connectivity index (χ2v) is 2.89. The quantitative estimate of drug-likeness (QED) is 0.600. The van der Waals surface area contributed by atoms with Gasteiger partial charge in [-0.25, -0.2) is 0 Å². The molecule has 0 aromatic carbocycles. The molecule has 1 N–H and O–H groups in total. The van der Waals surface area contributed by atoms with Crippen molar-refractivity contribution in [2.45, 2.75) is 0 Å². The van der Waals surface area contributed by atoms with E-state index in [0.29, 0.717) is 0 Å². The maximum absolute atomic E-state index is 10.8. The lowest BCUT2D eigenvalue weighted by Gasteiger charge is -1.88. The third-order valence-electron chi connectivity index (χ3n) is 0.831. The van der Waals surface area contributed by atoms with Gasteiger partial charge in [0.25, 0.3) is 5.91 Å². The van der Waals surface area contributed by atoms with Crippen LogP contribution in [0.25, 0.3) is 0 Å². The van der Waals surface area contributed by atoms with E-state index in [2.05, 4.69) is 3.53 Å². The Morgan fingerprint density at radius 3 is 3.00 bits per heavy atom. The molecule has 0 aliphatic heterocycles. The number of halogens is 1. The fourth-order valence-electron chi connectivity index (χ4n) is 0.454. The fraction of sp³-hybridized carbons (Fsp3) is 0. The van der Waals surface area contributed by atoms with Crippen LogP contribution in [0.15, 0.2) is 17.5 Å². The van der Waals surface area contributed by atoms with Crippen molar-refractivity contribution in [2.24, 2.45) is 0 Å². The van der Waals surface area contributed by atoms with Crippen molar-refractivity contribution in [2.75, 3.05) is 0 Å². The molecule has 0 bridgehead atoms. The summed E-state index contributed by atoms with van der Waals surface area (Å²) in [6.45, 7) is 0. The van der Waals surface area contributed by atoms with Crippen molar-refractivity contribution >= 4 is 40.1 Å². The molecule has 0 spiro atoms. The summed E-state index contributed by atoms with van der Waals surface area (Å²) in [5.74, 6) is -0.0226. The summed E-state index contributed by atoms with van der Waals surface area (Å²) in [5, 5.41) is 1.88. The highest BCUT2D eigenvalue weighted by Crippen LogP contribution is 2.07. The molecular formula is C5H4INOS. The summed E-state index contributed by atoms with van der Waals surface area (Å²) in [7, 11) is 0. The molecule has 0 fully saturated rings. The molecule has 0 aliphatic carbocycles. The van der Waals surface area contributed by atoms with Crippen LogP contribution in [0, 0.1) is 0 Å². The summed E-state index contributed by atoms with van der Waals surface area (Å²) >= 11 is 3.26. The van der Waals surface area contributed by atoms with Crippen LogP contribution in [0.3, 0.4) is 0 Å². The number of hydrogen-bond donors (Lipinski definition) is 1. The van der Waals surface area contributed by atoms with Crippen LogP contribution in [-0.2, 0) is 0 Å². The van der Waals surface area contributed by atoms with Gasteiger partial charge in [-0.2, -0.15) is 0 Å². The Kier molecular flexibility index (Phi) is 2.47. The van der Waals surface area contributed by atoms with Gasteiger partial charge >= 0.3 is 0 Å². The molecule has 48 valence electrons. The first kappa shape index (κ1) is 7.01. The maximum Gasteiger partial charge on any atom is 0.269 e. The second-order valence-electron chi connectivity index (χ2n) is 1.40. The van der Waals surface area contributed by atoms with Crippen LogP contribution < -0.4 is 3.53 Å². The van der Waals surface area contributed by atoms with E-state index in [0.717, 1.165) is 4.88 Å². The van der Waals surface area contributed by atoms with Crippen LogP contribution in [0.4, 0.5) is 0 Å².